The van der Waals surface area contributed by atoms with Crippen molar-refractivity contribution in [1.82, 2.24) is 14.7 Å². The number of carbonyl (C=O) groups is 3. The first kappa shape index (κ1) is 23.1. The molecule has 0 aromatic heterocycles. The molecule has 7 nitrogen and oxygen atoms in total. The topological polar surface area (TPSA) is 64.2 Å². The molecule has 3 amide bonds. The lowest BCUT2D eigenvalue weighted by Crippen LogP contribution is -2.57. The maximum Gasteiger partial charge on any atom is 0.253 e. The molecule has 5 rings (SSSR count). The van der Waals surface area contributed by atoms with Crippen molar-refractivity contribution >= 4 is 46.8 Å². The Kier molecular flexibility index (Phi) is 6.44. The zero-order valence-corrected chi connectivity index (χ0v) is 20.6. The van der Waals surface area contributed by atoms with Crippen molar-refractivity contribution in [3.63, 3.8) is 0 Å². The van der Waals surface area contributed by atoms with Crippen molar-refractivity contribution in [2.45, 2.75) is 19.5 Å². The van der Waals surface area contributed by atoms with Gasteiger partial charge in [0.25, 0.3) is 5.91 Å². The summed E-state index contributed by atoms with van der Waals surface area (Å²) in [6.07, 6.45) is 0. The maximum atomic E-state index is 13.1. The normalized spacial score (nSPS) is 20.7. The number of anilines is 1. The lowest BCUT2D eigenvalue weighted by atomic mass is 10.1. The van der Waals surface area contributed by atoms with Gasteiger partial charge < -0.3 is 19.6 Å². The van der Waals surface area contributed by atoms with Crippen LogP contribution in [0.5, 0.6) is 0 Å². The fraction of sp³-hybridized carbons (Fsp3) is 0.400. The van der Waals surface area contributed by atoms with Crippen molar-refractivity contribution in [3.8, 4) is 0 Å². The molecule has 0 N–H and O–H groups in total. The van der Waals surface area contributed by atoms with E-state index in [1.165, 1.54) is 5.56 Å². The minimum Gasteiger partial charge on any atom is -0.368 e. The van der Waals surface area contributed by atoms with Gasteiger partial charge in [0.1, 0.15) is 12.6 Å². The number of hydrogen-bond acceptors (Lipinski definition) is 5. The molecule has 178 valence electrons. The van der Waals surface area contributed by atoms with Gasteiger partial charge in [-0.2, -0.15) is 0 Å². The van der Waals surface area contributed by atoms with Gasteiger partial charge in [0.15, 0.2) is 0 Å². The van der Waals surface area contributed by atoms with E-state index in [-0.39, 0.29) is 30.3 Å². The molecule has 0 radical (unpaired) electrons. The number of thioether (sulfide) groups is 1. The van der Waals surface area contributed by atoms with Crippen LogP contribution in [0.4, 0.5) is 5.69 Å². The Balaban J connectivity index is 1.19. The molecule has 0 bridgehead atoms. The van der Waals surface area contributed by atoms with Crippen LogP contribution in [0.15, 0.2) is 42.5 Å². The van der Waals surface area contributed by atoms with Crippen molar-refractivity contribution in [1.29, 1.82) is 0 Å². The Bertz CT molecular complexity index is 1120. The number of amides is 3. The van der Waals surface area contributed by atoms with Gasteiger partial charge in [-0.3, -0.25) is 14.4 Å². The summed E-state index contributed by atoms with van der Waals surface area (Å²) < 4.78 is 0. The van der Waals surface area contributed by atoms with Crippen molar-refractivity contribution < 1.29 is 14.4 Å². The summed E-state index contributed by atoms with van der Waals surface area (Å²) in [4.78, 5) is 45.6. The first-order valence-corrected chi connectivity index (χ1v) is 13.0. The third-order valence-corrected chi connectivity index (χ3v) is 8.03. The highest BCUT2D eigenvalue weighted by Gasteiger charge is 2.42. The Labute approximate surface area is 208 Å². The van der Waals surface area contributed by atoms with Gasteiger partial charge in [-0.25, -0.2) is 0 Å². The average molecular weight is 499 g/mol. The van der Waals surface area contributed by atoms with Crippen LogP contribution in [-0.2, 0) is 16.1 Å². The molecule has 3 aliphatic heterocycles. The van der Waals surface area contributed by atoms with Crippen LogP contribution in [0.1, 0.15) is 21.5 Å². The van der Waals surface area contributed by atoms with E-state index in [1.807, 2.05) is 47.4 Å². The lowest BCUT2D eigenvalue weighted by molar-refractivity contribution is -0.153. The van der Waals surface area contributed by atoms with Gasteiger partial charge in [-0.15, -0.1) is 11.8 Å². The summed E-state index contributed by atoms with van der Waals surface area (Å²) in [5.74, 6) is 1.30. The summed E-state index contributed by atoms with van der Waals surface area (Å²) in [5.41, 5.74) is 3.84. The van der Waals surface area contributed by atoms with E-state index >= 15 is 0 Å². The van der Waals surface area contributed by atoms with Crippen LogP contribution < -0.4 is 4.90 Å². The molecular weight excluding hydrogens is 472 g/mol. The van der Waals surface area contributed by atoms with Gasteiger partial charge in [0.2, 0.25) is 11.8 Å². The van der Waals surface area contributed by atoms with Crippen LogP contribution in [0.2, 0.25) is 5.02 Å². The third kappa shape index (κ3) is 4.49. The molecule has 2 aromatic carbocycles. The number of rotatable bonds is 4. The fourth-order valence-electron chi connectivity index (χ4n) is 4.80. The molecule has 0 spiro atoms. The van der Waals surface area contributed by atoms with Gasteiger partial charge in [0.05, 0.1) is 5.88 Å². The molecule has 0 aliphatic carbocycles. The molecule has 9 heteroatoms. The molecule has 3 aliphatic rings. The number of fused-ring (bicyclic) bond motifs is 1. The maximum absolute atomic E-state index is 13.1. The molecule has 3 fully saturated rings. The third-order valence-electron chi connectivity index (χ3n) is 6.78. The summed E-state index contributed by atoms with van der Waals surface area (Å²) in [5, 5.41) is 0.717. The number of hydrogen-bond donors (Lipinski definition) is 0. The van der Waals surface area contributed by atoms with E-state index in [0.29, 0.717) is 41.8 Å². The number of nitrogens with zero attached hydrogens (tertiary/aromatic N) is 4. The number of benzene rings is 2. The van der Waals surface area contributed by atoms with Crippen molar-refractivity contribution in [2.24, 2.45) is 0 Å². The Hall–Kier alpha value is -2.71. The standard InChI is InChI=1S/C25H27ClN4O3S/c1-17-2-7-20(26)12-21(17)27-8-10-28(11-9-27)24(32)19-5-3-18(4-6-19)13-29-14-23(31)30-16-34-15-22(30)25(29)33/h2-7,12,22H,8-11,13-16H2,1H3. The summed E-state index contributed by atoms with van der Waals surface area (Å²) in [6, 6.07) is 13.0. The second-order valence-corrected chi connectivity index (χ2v) is 10.4. The minimum atomic E-state index is -0.332. The van der Waals surface area contributed by atoms with E-state index in [0.717, 1.165) is 24.3 Å². The van der Waals surface area contributed by atoms with Gasteiger partial charge in [0, 0.05) is 54.8 Å². The summed E-state index contributed by atoms with van der Waals surface area (Å²) in [7, 11) is 0. The van der Waals surface area contributed by atoms with Crippen molar-refractivity contribution in [3.05, 3.63) is 64.2 Å². The van der Waals surface area contributed by atoms with E-state index in [4.69, 9.17) is 11.6 Å². The van der Waals surface area contributed by atoms with E-state index in [1.54, 1.807) is 21.6 Å². The zero-order valence-electron chi connectivity index (χ0n) is 19.1. The number of piperazine rings is 2. The zero-order chi connectivity index (χ0) is 23.8. The van der Waals surface area contributed by atoms with Gasteiger partial charge >= 0.3 is 0 Å². The number of carbonyl (C=O) groups excluding carboxylic acids is 3. The molecule has 3 saturated heterocycles. The largest absolute Gasteiger partial charge is 0.368 e. The molecule has 34 heavy (non-hydrogen) atoms. The minimum absolute atomic E-state index is 0.00788. The predicted octanol–water partition coefficient (Wildman–Crippen LogP) is 2.85. The molecular formula is C25H27ClN4O3S. The quantitative estimate of drug-likeness (QED) is 0.648. The summed E-state index contributed by atoms with van der Waals surface area (Å²) in [6.45, 7) is 5.37. The number of halogens is 1. The monoisotopic (exact) mass is 498 g/mol. The highest BCUT2D eigenvalue weighted by atomic mass is 35.5. The highest BCUT2D eigenvalue weighted by Crippen LogP contribution is 2.27. The first-order valence-electron chi connectivity index (χ1n) is 11.5. The second kappa shape index (κ2) is 9.50. The van der Waals surface area contributed by atoms with E-state index in [9.17, 15) is 14.4 Å². The Morgan fingerprint density at radius 2 is 1.79 bits per heavy atom. The van der Waals surface area contributed by atoms with Crippen LogP contribution in [-0.4, -0.2) is 82.8 Å². The molecule has 1 unspecified atom stereocenters. The Morgan fingerprint density at radius 3 is 2.53 bits per heavy atom. The average Bonchev–Trinajstić information content (AvgIpc) is 3.35. The predicted molar refractivity (Wildman–Crippen MR) is 134 cm³/mol. The smallest absolute Gasteiger partial charge is 0.253 e. The van der Waals surface area contributed by atoms with Gasteiger partial charge in [-0.1, -0.05) is 29.8 Å². The fourth-order valence-corrected chi connectivity index (χ4v) is 6.14. The van der Waals surface area contributed by atoms with Crippen LogP contribution in [0.25, 0.3) is 0 Å². The lowest BCUT2D eigenvalue weighted by Gasteiger charge is -2.37. The number of aryl methyl sites for hydroxylation is 1. The molecule has 2 aromatic rings. The highest BCUT2D eigenvalue weighted by molar-refractivity contribution is 7.99. The first-order chi connectivity index (χ1) is 16.4. The van der Waals surface area contributed by atoms with Crippen molar-refractivity contribution in [2.75, 3.05) is 49.3 Å². The second-order valence-electron chi connectivity index (χ2n) is 8.98. The molecule has 0 saturated carbocycles. The van der Waals surface area contributed by atoms with Crippen LogP contribution >= 0.6 is 23.4 Å². The van der Waals surface area contributed by atoms with Gasteiger partial charge in [-0.05, 0) is 42.3 Å². The SMILES string of the molecule is Cc1ccc(Cl)cc1N1CCN(C(=O)c2ccc(CN3CC(=O)N4CSCC4C3=O)cc2)CC1. The molecule has 1 atom stereocenters. The molecule has 3 heterocycles. The summed E-state index contributed by atoms with van der Waals surface area (Å²) >= 11 is 7.80. The Morgan fingerprint density at radius 1 is 1.06 bits per heavy atom. The van der Waals surface area contributed by atoms with E-state index < -0.39 is 0 Å². The van der Waals surface area contributed by atoms with Crippen LogP contribution in [0, 0.1) is 6.92 Å². The van der Waals surface area contributed by atoms with E-state index in [2.05, 4.69) is 11.8 Å². The van der Waals surface area contributed by atoms with Crippen LogP contribution in [0.3, 0.4) is 0 Å².